The molecule has 4 heteroatoms. The normalized spacial score (nSPS) is 10.3. The summed E-state index contributed by atoms with van der Waals surface area (Å²) in [6.07, 6.45) is 0. The van der Waals surface area contributed by atoms with Gasteiger partial charge >= 0.3 is 0 Å². The molecule has 2 aromatic rings. The lowest BCUT2D eigenvalue weighted by Crippen LogP contribution is -2.21. The first-order chi connectivity index (χ1) is 8.56. The summed E-state index contributed by atoms with van der Waals surface area (Å²) in [7, 11) is 0. The molecule has 0 bridgehead atoms. The molecule has 1 aromatic heterocycles. The van der Waals surface area contributed by atoms with Crippen molar-refractivity contribution in [1.29, 1.82) is 0 Å². The van der Waals surface area contributed by atoms with Crippen molar-refractivity contribution in [1.82, 2.24) is 5.32 Å². The molecule has 1 heterocycles. The van der Waals surface area contributed by atoms with Gasteiger partial charge in [-0.15, -0.1) is 11.3 Å². The summed E-state index contributed by atoms with van der Waals surface area (Å²) in [4.78, 5) is 13.9. The number of rotatable bonds is 3. The van der Waals surface area contributed by atoms with E-state index in [9.17, 15) is 4.79 Å². The largest absolute Gasteiger partial charge is 0.399 e. The molecule has 0 aliphatic heterocycles. The number of thiophene rings is 1. The highest BCUT2D eigenvalue weighted by molar-refractivity contribution is 7.14. The van der Waals surface area contributed by atoms with Crippen molar-refractivity contribution < 1.29 is 4.79 Å². The van der Waals surface area contributed by atoms with Crippen molar-refractivity contribution in [3.05, 3.63) is 51.2 Å². The van der Waals surface area contributed by atoms with Crippen molar-refractivity contribution in [3.63, 3.8) is 0 Å². The van der Waals surface area contributed by atoms with Crippen LogP contribution < -0.4 is 11.1 Å². The maximum atomic E-state index is 11.9. The zero-order valence-electron chi connectivity index (χ0n) is 10.5. The molecule has 1 aromatic carbocycles. The Hall–Kier alpha value is -1.81. The van der Waals surface area contributed by atoms with Gasteiger partial charge in [-0.3, -0.25) is 4.79 Å². The number of carbonyl (C=O) groups excluding carboxylic acids is 1. The van der Waals surface area contributed by atoms with Gasteiger partial charge in [0.25, 0.3) is 5.91 Å². The SMILES string of the molecule is Cc1cc(C(=O)NCc2ccc(N)cc2)sc1C. The first-order valence-corrected chi connectivity index (χ1v) is 6.57. The Morgan fingerprint density at radius 2 is 1.94 bits per heavy atom. The smallest absolute Gasteiger partial charge is 0.261 e. The van der Waals surface area contributed by atoms with Gasteiger partial charge in [0.1, 0.15) is 0 Å². The van der Waals surface area contributed by atoms with E-state index in [0.717, 1.165) is 21.7 Å². The molecule has 0 spiro atoms. The summed E-state index contributed by atoms with van der Waals surface area (Å²) in [6, 6.07) is 9.43. The predicted octanol–water partition coefficient (Wildman–Crippen LogP) is 2.88. The lowest BCUT2D eigenvalue weighted by atomic mass is 10.2. The number of benzene rings is 1. The number of amides is 1. The molecular formula is C14H16N2OS. The van der Waals surface area contributed by atoms with E-state index in [0.29, 0.717) is 6.54 Å². The summed E-state index contributed by atoms with van der Waals surface area (Å²) in [5.74, 6) is -0.0203. The number of hydrogen-bond acceptors (Lipinski definition) is 3. The molecular weight excluding hydrogens is 244 g/mol. The lowest BCUT2D eigenvalue weighted by molar-refractivity contribution is 0.0955. The average Bonchev–Trinajstić information content (AvgIpc) is 2.69. The van der Waals surface area contributed by atoms with E-state index in [-0.39, 0.29) is 5.91 Å². The summed E-state index contributed by atoms with van der Waals surface area (Å²) < 4.78 is 0. The molecule has 18 heavy (non-hydrogen) atoms. The Balaban J connectivity index is 1.98. The highest BCUT2D eigenvalue weighted by Crippen LogP contribution is 2.20. The van der Waals surface area contributed by atoms with Gasteiger partial charge < -0.3 is 11.1 Å². The summed E-state index contributed by atoms with van der Waals surface area (Å²) in [5.41, 5.74) is 8.55. The number of hydrogen-bond donors (Lipinski definition) is 2. The molecule has 0 aliphatic rings. The Morgan fingerprint density at radius 1 is 1.28 bits per heavy atom. The van der Waals surface area contributed by atoms with Gasteiger partial charge in [0.05, 0.1) is 4.88 Å². The zero-order valence-corrected chi connectivity index (χ0v) is 11.3. The Bertz CT molecular complexity index is 538. The topological polar surface area (TPSA) is 55.1 Å². The van der Waals surface area contributed by atoms with Crippen LogP contribution in [0.3, 0.4) is 0 Å². The maximum Gasteiger partial charge on any atom is 0.261 e. The van der Waals surface area contributed by atoms with E-state index < -0.39 is 0 Å². The molecule has 2 rings (SSSR count). The van der Waals surface area contributed by atoms with Crippen molar-refractivity contribution in [3.8, 4) is 0 Å². The maximum absolute atomic E-state index is 11.9. The number of anilines is 1. The van der Waals surface area contributed by atoms with Crippen LogP contribution in [0.1, 0.15) is 25.7 Å². The third-order valence-electron chi connectivity index (χ3n) is 2.82. The molecule has 0 saturated carbocycles. The first-order valence-electron chi connectivity index (χ1n) is 5.76. The van der Waals surface area contributed by atoms with Gasteiger partial charge in [0, 0.05) is 17.1 Å². The van der Waals surface area contributed by atoms with Gasteiger partial charge in [-0.05, 0) is 43.2 Å². The zero-order chi connectivity index (χ0) is 13.1. The van der Waals surface area contributed by atoms with E-state index in [1.807, 2.05) is 44.2 Å². The lowest BCUT2D eigenvalue weighted by Gasteiger charge is -2.04. The minimum absolute atomic E-state index is 0.0203. The van der Waals surface area contributed by atoms with Gasteiger partial charge in [-0.1, -0.05) is 12.1 Å². The molecule has 94 valence electrons. The van der Waals surface area contributed by atoms with Gasteiger partial charge in [0.15, 0.2) is 0 Å². The molecule has 0 fully saturated rings. The number of aryl methyl sites for hydroxylation is 2. The standard InChI is InChI=1S/C14H16N2OS/c1-9-7-13(18-10(9)2)14(17)16-8-11-3-5-12(15)6-4-11/h3-7H,8,15H2,1-2H3,(H,16,17). The van der Waals surface area contributed by atoms with Crippen LogP contribution in [0, 0.1) is 13.8 Å². The number of nitrogens with one attached hydrogen (secondary N) is 1. The van der Waals surface area contributed by atoms with E-state index in [4.69, 9.17) is 5.73 Å². The highest BCUT2D eigenvalue weighted by Gasteiger charge is 2.09. The van der Waals surface area contributed by atoms with Crippen LogP contribution in [0.25, 0.3) is 0 Å². The number of nitrogens with two attached hydrogens (primary N) is 1. The van der Waals surface area contributed by atoms with Crippen LogP contribution >= 0.6 is 11.3 Å². The van der Waals surface area contributed by atoms with Crippen LogP contribution in [0.5, 0.6) is 0 Å². The number of carbonyl (C=O) groups is 1. The summed E-state index contributed by atoms with van der Waals surface area (Å²) in [6.45, 7) is 4.56. The fourth-order valence-electron chi connectivity index (χ4n) is 1.59. The minimum atomic E-state index is -0.0203. The quantitative estimate of drug-likeness (QED) is 0.834. The van der Waals surface area contributed by atoms with E-state index in [1.165, 1.54) is 16.2 Å². The molecule has 0 saturated heterocycles. The number of nitrogen functional groups attached to an aromatic ring is 1. The third kappa shape index (κ3) is 2.90. The molecule has 0 unspecified atom stereocenters. The van der Waals surface area contributed by atoms with Crippen molar-refractivity contribution in [2.75, 3.05) is 5.73 Å². The Morgan fingerprint density at radius 3 is 2.50 bits per heavy atom. The Labute approximate surface area is 111 Å². The van der Waals surface area contributed by atoms with Crippen molar-refractivity contribution in [2.24, 2.45) is 0 Å². The predicted molar refractivity (Wildman–Crippen MR) is 75.8 cm³/mol. The second kappa shape index (κ2) is 5.23. The molecule has 3 nitrogen and oxygen atoms in total. The minimum Gasteiger partial charge on any atom is -0.399 e. The van der Waals surface area contributed by atoms with Crippen LogP contribution in [0.15, 0.2) is 30.3 Å². The van der Waals surface area contributed by atoms with Crippen molar-refractivity contribution >= 4 is 22.9 Å². The molecule has 0 atom stereocenters. The fourth-order valence-corrected chi connectivity index (χ4v) is 2.54. The first kappa shape index (κ1) is 12.6. The highest BCUT2D eigenvalue weighted by atomic mass is 32.1. The molecule has 0 radical (unpaired) electrons. The van der Waals surface area contributed by atoms with Crippen LogP contribution in [-0.2, 0) is 6.54 Å². The summed E-state index contributed by atoms with van der Waals surface area (Å²) >= 11 is 1.53. The fraction of sp³-hybridized carbons (Fsp3) is 0.214. The van der Waals surface area contributed by atoms with Crippen LogP contribution in [-0.4, -0.2) is 5.91 Å². The third-order valence-corrected chi connectivity index (χ3v) is 3.97. The molecule has 0 aliphatic carbocycles. The van der Waals surface area contributed by atoms with Gasteiger partial charge in [-0.25, -0.2) is 0 Å². The van der Waals surface area contributed by atoms with Gasteiger partial charge in [0.2, 0.25) is 0 Å². The van der Waals surface area contributed by atoms with E-state index in [2.05, 4.69) is 5.32 Å². The van der Waals surface area contributed by atoms with Gasteiger partial charge in [-0.2, -0.15) is 0 Å². The van der Waals surface area contributed by atoms with Crippen LogP contribution in [0.2, 0.25) is 0 Å². The monoisotopic (exact) mass is 260 g/mol. The molecule has 1 amide bonds. The Kier molecular flexibility index (Phi) is 3.67. The second-order valence-corrected chi connectivity index (χ2v) is 5.53. The van der Waals surface area contributed by atoms with E-state index in [1.54, 1.807) is 0 Å². The average molecular weight is 260 g/mol. The summed E-state index contributed by atoms with van der Waals surface area (Å²) in [5, 5.41) is 2.91. The van der Waals surface area contributed by atoms with Crippen LogP contribution in [0.4, 0.5) is 5.69 Å². The molecule has 3 N–H and O–H groups in total. The van der Waals surface area contributed by atoms with Crippen molar-refractivity contribution in [2.45, 2.75) is 20.4 Å². The van der Waals surface area contributed by atoms with E-state index >= 15 is 0 Å². The second-order valence-electron chi connectivity index (χ2n) is 4.27.